The quantitative estimate of drug-likeness (QED) is 0.468. The lowest BCUT2D eigenvalue weighted by Crippen LogP contribution is -2.15. The first-order chi connectivity index (χ1) is 10.5. The lowest BCUT2D eigenvalue weighted by atomic mass is 10.2. The number of carboxylic acids is 1. The van der Waals surface area contributed by atoms with Crippen LogP contribution in [0.15, 0.2) is 53.7 Å². The molecule has 0 saturated heterocycles. The van der Waals surface area contributed by atoms with Crippen molar-refractivity contribution in [1.82, 2.24) is 4.98 Å². The molecule has 0 spiro atoms. The molecule has 0 aliphatic rings. The number of hydrogen-bond donors (Lipinski definition) is 1. The van der Waals surface area contributed by atoms with Gasteiger partial charge in [0.15, 0.2) is 20.6 Å². The summed E-state index contributed by atoms with van der Waals surface area (Å²) >= 11 is 0. The molecule has 0 saturated carbocycles. The second-order valence-electron chi connectivity index (χ2n) is 4.19. The molecule has 1 aromatic carbocycles. The Morgan fingerprint density at radius 3 is 2.55 bits per heavy atom. The number of nitrogens with zero attached hydrogens (tertiary/aromatic N) is 1. The van der Waals surface area contributed by atoms with Gasteiger partial charge in [0, 0.05) is 6.20 Å². The zero-order chi connectivity index (χ0) is 16.0. The number of aromatic carboxylic acids is 1. The summed E-state index contributed by atoms with van der Waals surface area (Å²) in [6.45, 7) is -0.257. The van der Waals surface area contributed by atoms with Gasteiger partial charge in [-0.05, 0) is 24.3 Å². The van der Waals surface area contributed by atoms with Crippen molar-refractivity contribution >= 4 is 15.8 Å². The molecule has 0 aliphatic heterocycles. The molecule has 2 rings (SSSR count). The number of para-hydroxylation sites is 1. The lowest BCUT2D eigenvalue weighted by Gasteiger charge is -2.07. The van der Waals surface area contributed by atoms with Crippen molar-refractivity contribution in [2.24, 2.45) is 0 Å². The second kappa shape index (κ2) is 7.01. The van der Waals surface area contributed by atoms with Crippen molar-refractivity contribution in [3.05, 3.63) is 54.2 Å². The van der Waals surface area contributed by atoms with E-state index in [0.717, 1.165) is 0 Å². The number of carbonyl (C=O) groups is 1. The van der Waals surface area contributed by atoms with E-state index in [1.54, 1.807) is 24.3 Å². The summed E-state index contributed by atoms with van der Waals surface area (Å²) in [5.41, 5.74) is -0.0740. The van der Waals surface area contributed by atoms with Gasteiger partial charge in [0.05, 0.1) is 5.75 Å². The number of benzene rings is 1. The van der Waals surface area contributed by atoms with Crippen LogP contribution in [0, 0.1) is 0 Å². The first kappa shape index (κ1) is 15.9. The zero-order valence-electron chi connectivity index (χ0n) is 11.4. The highest BCUT2D eigenvalue weighted by atomic mass is 32.2. The zero-order valence-corrected chi connectivity index (χ0v) is 12.2. The van der Waals surface area contributed by atoms with Crippen LogP contribution in [0.1, 0.15) is 10.4 Å². The Kier molecular flexibility index (Phi) is 5.08. The number of aromatic nitrogens is 1. The van der Waals surface area contributed by atoms with E-state index in [-0.39, 0.29) is 28.7 Å². The van der Waals surface area contributed by atoms with E-state index in [2.05, 4.69) is 4.98 Å². The second-order valence-corrected chi connectivity index (χ2v) is 6.25. The van der Waals surface area contributed by atoms with E-state index in [4.69, 9.17) is 14.9 Å². The summed E-state index contributed by atoms with van der Waals surface area (Å²) in [4.78, 5) is 24.4. The van der Waals surface area contributed by atoms with E-state index in [1.807, 2.05) is 0 Å². The summed E-state index contributed by atoms with van der Waals surface area (Å²) in [6, 6.07) is 10.5. The Balaban J connectivity index is 1.92. The number of pyridine rings is 1. The molecule has 0 amide bonds. The molecular formula is C14H13NO6S. The molecule has 1 aromatic heterocycles. The average molecular weight is 323 g/mol. The highest BCUT2D eigenvalue weighted by molar-refractivity contribution is 7.91. The van der Waals surface area contributed by atoms with Gasteiger partial charge in [-0.2, -0.15) is 4.89 Å². The molecule has 2 aromatic rings. The molecule has 7 nitrogen and oxygen atoms in total. The van der Waals surface area contributed by atoms with Crippen LogP contribution in [-0.4, -0.2) is 36.8 Å². The summed E-state index contributed by atoms with van der Waals surface area (Å²) in [6.07, 6.45) is 1.38. The van der Waals surface area contributed by atoms with Crippen LogP contribution in [-0.2, 0) is 14.7 Å². The van der Waals surface area contributed by atoms with E-state index < -0.39 is 15.8 Å². The van der Waals surface area contributed by atoms with Crippen molar-refractivity contribution in [1.29, 1.82) is 0 Å². The minimum absolute atomic E-state index is 0.00485. The fraction of sp³-hybridized carbons (Fsp3) is 0.143. The van der Waals surface area contributed by atoms with E-state index >= 15 is 0 Å². The number of rotatable bonds is 7. The third-order valence-corrected chi connectivity index (χ3v) is 4.24. The predicted molar refractivity (Wildman–Crippen MR) is 76.3 cm³/mol. The summed E-state index contributed by atoms with van der Waals surface area (Å²) in [7, 11) is -3.57. The van der Waals surface area contributed by atoms with Crippen molar-refractivity contribution in [3.8, 4) is 5.75 Å². The standard InChI is InChI=1S/C14H13NO6S/c16-14(17)11-5-1-2-6-12(11)21-20-9-10-22(18,19)13-7-3-4-8-15-13/h1-8H,9-10H2,(H,16,17). The van der Waals surface area contributed by atoms with E-state index in [9.17, 15) is 13.2 Å². The van der Waals surface area contributed by atoms with Gasteiger partial charge in [0.2, 0.25) is 0 Å². The summed E-state index contributed by atoms with van der Waals surface area (Å²) < 4.78 is 23.9. The summed E-state index contributed by atoms with van der Waals surface area (Å²) in [5.74, 6) is -1.50. The van der Waals surface area contributed by atoms with Gasteiger partial charge in [-0.1, -0.05) is 18.2 Å². The number of carboxylic acid groups (broad SMARTS) is 1. The van der Waals surface area contributed by atoms with Gasteiger partial charge in [-0.3, -0.25) is 0 Å². The largest absolute Gasteiger partial charge is 0.478 e. The smallest absolute Gasteiger partial charge is 0.339 e. The first-order valence-electron chi connectivity index (χ1n) is 6.26. The van der Waals surface area contributed by atoms with Crippen LogP contribution < -0.4 is 4.89 Å². The molecule has 1 heterocycles. The normalized spacial score (nSPS) is 11.1. The monoisotopic (exact) mass is 323 g/mol. The topological polar surface area (TPSA) is 103 Å². The SMILES string of the molecule is O=C(O)c1ccccc1OOCCS(=O)(=O)c1ccccn1. The molecule has 0 aliphatic carbocycles. The molecule has 116 valence electrons. The van der Waals surface area contributed by atoms with Gasteiger partial charge in [-0.15, -0.1) is 0 Å². The Labute approximate surface area is 127 Å². The van der Waals surface area contributed by atoms with Crippen molar-refractivity contribution in [2.45, 2.75) is 5.03 Å². The van der Waals surface area contributed by atoms with Crippen molar-refractivity contribution < 1.29 is 28.1 Å². The maximum Gasteiger partial charge on any atom is 0.339 e. The van der Waals surface area contributed by atoms with Crippen LogP contribution >= 0.6 is 0 Å². The highest BCUT2D eigenvalue weighted by Gasteiger charge is 2.16. The molecular weight excluding hydrogens is 310 g/mol. The Morgan fingerprint density at radius 1 is 1.14 bits per heavy atom. The Hall–Kier alpha value is -2.45. The van der Waals surface area contributed by atoms with Crippen LogP contribution in [0.3, 0.4) is 0 Å². The predicted octanol–water partition coefficient (Wildman–Crippen LogP) is 1.56. The minimum Gasteiger partial charge on any atom is -0.478 e. The highest BCUT2D eigenvalue weighted by Crippen LogP contribution is 2.18. The number of sulfone groups is 1. The third kappa shape index (κ3) is 4.03. The molecule has 0 fully saturated rings. The molecule has 0 radical (unpaired) electrons. The molecule has 0 bridgehead atoms. The molecule has 0 atom stereocenters. The van der Waals surface area contributed by atoms with E-state index in [1.165, 1.54) is 24.4 Å². The van der Waals surface area contributed by atoms with Crippen LogP contribution in [0.2, 0.25) is 0 Å². The minimum atomic E-state index is -3.57. The molecule has 8 heteroatoms. The van der Waals surface area contributed by atoms with Gasteiger partial charge in [-0.25, -0.2) is 18.2 Å². The van der Waals surface area contributed by atoms with Gasteiger partial charge < -0.3 is 9.99 Å². The molecule has 1 N–H and O–H groups in total. The number of hydrogen-bond acceptors (Lipinski definition) is 6. The van der Waals surface area contributed by atoms with Crippen LogP contribution in [0.5, 0.6) is 5.75 Å². The fourth-order valence-electron chi connectivity index (χ4n) is 1.60. The van der Waals surface area contributed by atoms with Crippen molar-refractivity contribution in [3.63, 3.8) is 0 Å². The maximum atomic E-state index is 11.9. The van der Waals surface area contributed by atoms with Gasteiger partial charge in [0.25, 0.3) is 0 Å². The average Bonchev–Trinajstić information content (AvgIpc) is 2.53. The van der Waals surface area contributed by atoms with Crippen LogP contribution in [0.4, 0.5) is 0 Å². The van der Waals surface area contributed by atoms with Crippen LogP contribution in [0.25, 0.3) is 0 Å². The molecule has 0 unspecified atom stereocenters. The first-order valence-corrected chi connectivity index (χ1v) is 7.91. The maximum absolute atomic E-state index is 11.9. The lowest BCUT2D eigenvalue weighted by molar-refractivity contribution is -0.201. The third-order valence-electron chi connectivity index (χ3n) is 2.66. The van der Waals surface area contributed by atoms with Crippen molar-refractivity contribution in [2.75, 3.05) is 12.4 Å². The Morgan fingerprint density at radius 2 is 1.86 bits per heavy atom. The van der Waals surface area contributed by atoms with Gasteiger partial charge in [0.1, 0.15) is 12.2 Å². The fourth-order valence-corrected chi connectivity index (χ4v) is 2.60. The summed E-state index contributed by atoms with van der Waals surface area (Å²) in [5, 5.41) is 8.91. The van der Waals surface area contributed by atoms with Gasteiger partial charge >= 0.3 is 5.97 Å². The van der Waals surface area contributed by atoms with E-state index in [0.29, 0.717) is 0 Å². The Bertz CT molecular complexity index is 745. The molecule has 22 heavy (non-hydrogen) atoms.